The standard InChI is InChI=1S/C12H11ClN4O2S/c1-14-9(18)8-4-2-7(3-5-8)6-15-10(19)11-16-17-12(13)20-11/h2-5H,6H2,1H3,(H,14,18)(H,15,19). The van der Waals surface area contributed by atoms with E-state index >= 15 is 0 Å². The van der Waals surface area contributed by atoms with Gasteiger partial charge >= 0.3 is 0 Å². The minimum atomic E-state index is -0.329. The van der Waals surface area contributed by atoms with Crippen molar-refractivity contribution in [2.75, 3.05) is 7.05 Å². The van der Waals surface area contributed by atoms with E-state index in [4.69, 9.17) is 11.6 Å². The monoisotopic (exact) mass is 310 g/mol. The minimum absolute atomic E-state index is 0.149. The third kappa shape index (κ3) is 3.52. The van der Waals surface area contributed by atoms with Gasteiger partial charge in [-0.2, -0.15) is 0 Å². The maximum absolute atomic E-state index is 11.7. The van der Waals surface area contributed by atoms with Crippen molar-refractivity contribution in [1.82, 2.24) is 20.8 Å². The second kappa shape index (κ2) is 6.44. The fourth-order valence-electron chi connectivity index (χ4n) is 1.47. The number of carbonyl (C=O) groups excluding carboxylic acids is 2. The van der Waals surface area contributed by atoms with Crippen molar-refractivity contribution in [3.63, 3.8) is 0 Å². The van der Waals surface area contributed by atoms with Crippen LogP contribution in [0.3, 0.4) is 0 Å². The van der Waals surface area contributed by atoms with Crippen molar-refractivity contribution in [3.8, 4) is 0 Å². The zero-order chi connectivity index (χ0) is 14.5. The number of carbonyl (C=O) groups is 2. The number of aromatic nitrogens is 2. The Morgan fingerprint density at radius 2 is 1.90 bits per heavy atom. The number of nitrogens with zero attached hydrogens (tertiary/aromatic N) is 2. The quantitative estimate of drug-likeness (QED) is 0.896. The van der Waals surface area contributed by atoms with Crippen molar-refractivity contribution in [3.05, 3.63) is 44.9 Å². The maximum atomic E-state index is 11.7. The van der Waals surface area contributed by atoms with Gasteiger partial charge in [-0.25, -0.2) is 0 Å². The van der Waals surface area contributed by atoms with Crippen LogP contribution >= 0.6 is 22.9 Å². The molecule has 2 N–H and O–H groups in total. The third-order valence-electron chi connectivity index (χ3n) is 2.49. The highest BCUT2D eigenvalue weighted by Crippen LogP contribution is 2.14. The van der Waals surface area contributed by atoms with Crippen LogP contribution in [0, 0.1) is 0 Å². The molecule has 0 saturated carbocycles. The van der Waals surface area contributed by atoms with Crippen molar-refractivity contribution in [1.29, 1.82) is 0 Å². The first kappa shape index (κ1) is 14.4. The Labute approximate surface area is 124 Å². The van der Waals surface area contributed by atoms with Gasteiger partial charge < -0.3 is 10.6 Å². The van der Waals surface area contributed by atoms with Crippen molar-refractivity contribution < 1.29 is 9.59 Å². The lowest BCUT2D eigenvalue weighted by Crippen LogP contribution is -2.23. The van der Waals surface area contributed by atoms with Gasteiger partial charge in [-0.1, -0.05) is 23.5 Å². The Hall–Kier alpha value is -1.99. The molecule has 0 aliphatic rings. The SMILES string of the molecule is CNC(=O)c1ccc(CNC(=O)c2nnc(Cl)s2)cc1. The van der Waals surface area contributed by atoms with Crippen LogP contribution in [0.5, 0.6) is 0 Å². The van der Waals surface area contributed by atoms with Gasteiger partial charge in [-0.15, -0.1) is 10.2 Å². The Balaban J connectivity index is 1.94. The summed E-state index contributed by atoms with van der Waals surface area (Å²) in [6.45, 7) is 0.337. The highest BCUT2D eigenvalue weighted by atomic mass is 35.5. The molecule has 0 aliphatic heterocycles. The second-order valence-electron chi connectivity index (χ2n) is 3.82. The summed E-state index contributed by atoms with van der Waals surface area (Å²) in [7, 11) is 1.57. The zero-order valence-electron chi connectivity index (χ0n) is 10.5. The van der Waals surface area contributed by atoms with Gasteiger partial charge in [0.15, 0.2) is 0 Å². The van der Waals surface area contributed by atoms with Crippen LogP contribution in [0.4, 0.5) is 0 Å². The number of rotatable bonds is 4. The number of hydrogen-bond donors (Lipinski definition) is 2. The molecule has 0 unspecified atom stereocenters. The summed E-state index contributed by atoms with van der Waals surface area (Å²) < 4.78 is 0.227. The van der Waals surface area contributed by atoms with Crippen LogP contribution in [0.2, 0.25) is 4.47 Å². The average Bonchev–Trinajstić information content (AvgIpc) is 2.91. The molecule has 0 atom stereocenters. The Morgan fingerprint density at radius 3 is 2.45 bits per heavy atom. The fraction of sp³-hybridized carbons (Fsp3) is 0.167. The molecule has 1 aromatic carbocycles. The van der Waals surface area contributed by atoms with Crippen LogP contribution in [0.25, 0.3) is 0 Å². The van der Waals surface area contributed by atoms with E-state index < -0.39 is 0 Å². The predicted molar refractivity (Wildman–Crippen MR) is 75.9 cm³/mol. The van der Waals surface area contributed by atoms with Crippen LogP contribution in [-0.4, -0.2) is 29.1 Å². The molecule has 0 radical (unpaired) electrons. The molecule has 2 aromatic rings. The molecule has 0 bridgehead atoms. The predicted octanol–water partition coefficient (Wildman–Crippen LogP) is 1.48. The van der Waals surface area contributed by atoms with E-state index in [-0.39, 0.29) is 21.3 Å². The van der Waals surface area contributed by atoms with Crippen LogP contribution in [0.1, 0.15) is 25.7 Å². The van der Waals surface area contributed by atoms with Crippen molar-refractivity contribution in [2.45, 2.75) is 6.54 Å². The first-order chi connectivity index (χ1) is 9.60. The van der Waals surface area contributed by atoms with Crippen LogP contribution in [-0.2, 0) is 6.54 Å². The van der Waals surface area contributed by atoms with E-state index in [1.807, 2.05) is 0 Å². The van der Waals surface area contributed by atoms with Gasteiger partial charge in [0.1, 0.15) is 0 Å². The summed E-state index contributed by atoms with van der Waals surface area (Å²) in [5, 5.41) is 12.7. The summed E-state index contributed by atoms with van der Waals surface area (Å²) in [5.41, 5.74) is 1.44. The molecular formula is C12H11ClN4O2S. The lowest BCUT2D eigenvalue weighted by Gasteiger charge is -2.04. The van der Waals surface area contributed by atoms with Crippen LogP contribution < -0.4 is 10.6 Å². The number of benzene rings is 1. The fourth-order valence-corrected chi connectivity index (χ4v) is 2.22. The highest BCUT2D eigenvalue weighted by Gasteiger charge is 2.11. The van der Waals surface area contributed by atoms with Crippen LogP contribution in [0.15, 0.2) is 24.3 Å². The number of nitrogens with one attached hydrogen (secondary N) is 2. The largest absolute Gasteiger partial charge is 0.355 e. The molecule has 2 rings (SSSR count). The van der Waals surface area contributed by atoms with Gasteiger partial charge in [0.05, 0.1) is 0 Å². The number of amides is 2. The lowest BCUT2D eigenvalue weighted by molar-refractivity contribution is 0.0945. The smallest absolute Gasteiger partial charge is 0.282 e. The molecule has 1 heterocycles. The Morgan fingerprint density at radius 1 is 1.20 bits per heavy atom. The second-order valence-corrected chi connectivity index (χ2v) is 5.38. The molecule has 8 heteroatoms. The van der Waals surface area contributed by atoms with Crippen molar-refractivity contribution in [2.24, 2.45) is 0 Å². The molecule has 0 saturated heterocycles. The third-order valence-corrected chi connectivity index (χ3v) is 3.51. The maximum Gasteiger partial charge on any atom is 0.282 e. The Bertz CT molecular complexity index is 627. The molecule has 20 heavy (non-hydrogen) atoms. The molecule has 0 fully saturated rings. The molecule has 1 aromatic heterocycles. The van der Waals surface area contributed by atoms with Crippen molar-refractivity contribution >= 4 is 34.8 Å². The van der Waals surface area contributed by atoms with E-state index in [2.05, 4.69) is 20.8 Å². The minimum Gasteiger partial charge on any atom is -0.355 e. The topological polar surface area (TPSA) is 84.0 Å². The normalized spacial score (nSPS) is 10.1. The first-order valence-corrected chi connectivity index (χ1v) is 6.88. The summed E-state index contributed by atoms with van der Waals surface area (Å²) in [4.78, 5) is 23.1. The van der Waals surface area contributed by atoms with Gasteiger partial charge in [0, 0.05) is 19.2 Å². The molecule has 0 aliphatic carbocycles. The molecule has 0 spiro atoms. The van der Waals surface area contributed by atoms with E-state index in [1.165, 1.54) is 0 Å². The molecule has 6 nitrogen and oxygen atoms in total. The number of halogens is 1. The van der Waals surface area contributed by atoms with Gasteiger partial charge in [0.2, 0.25) is 9.47 Å². The van der Waals surface area contributed by atoms with E-state index in [0.717, 1.165) is 16.9 Å². The molecule has 104 valence electrons. The van der Waals surface area contributed by atoms with E-state index in [1.54, 1.807) is 31.3 Å². The zero-order valence-corrected chi connectivity index (χ0v) is 12.1. The Kier molecular flexibility index (Phi) is 4.65. The molecular weight excluding hydrogens is 300 g/mol. The first-order valence-electron chi connectivity index (χ1n) is 5.68. The number of hydrogen-bond acceptors (Lipinski definition) is 5. The van der Waals surface area contributed by atoms with Gasteiger partial charge in [-0.3, -0.25) is 9.59 Å². The summed E-state index contributed by atoms with van der Waals surface area (Å²) in [6.07, 6.45) is 0. The van der Waals surface area contributed by atoms with E-state index in [0.29, 0.717) is 12.1 Å². The van der Waals surface area contributed by atoms with Gasteiger partial charge in [-0.05, 0) is 29.3 Å². The highest BCUT2D eigenvalue weighted by molar-refractivity contribution is 7.17. The summed E-state index contributed by atoms with van der Waals surface area (Å²) in [5.74, 6) is -0.478. The molecule has 2 amide bonds. The lowest BCUT2D eigenvalue weighted by atomic mass is 10.1. The summed E-state index contributed by atoms with van der Waals surface area (Å²) >= 11 is 6.63. The average molecular weight is 311 g/mol. The summed E-state index contributed by atoms with van der Waals surface area (Å²) in [6, 6.07) is 6.94. The van der Waals surface area contributed by atoms with E-state index in [9.17, 15) is 9.59 Å². The van der Waals surface area contributed by atoms with Gasteiger partial charge in [0.25, 0.3) is 11.8 Å².